The van der Waals surface area contributed by atoms with Gasteiger partial charge in [0.25, 0.3) is 0 Å². The quantitative estimate of drug-likeness (QED) is 0.757. The zero-order chi connectivity index (χ0) is 14.9. The number of morpholine rings is 1. The van der Waals surface area contributed by atoms with Gasteiger partial charge in [-0.05, 0) is 13.8 Å². The number of aliphatic hydroxyl groups is 1. The van der Waals surface area contributed by atoms with Gasteiger partial charge in [-0.3, -0.25) is 4.68 Å². The molecule has 2 unspecified atom stereocenters. The highest BCUT2D eigenvalue weighted by molar-refractivity contribution is 7.89. The minimum Gasteiger partial charge on any atom is -0.394 e. The predicted octanol–water partition coefficient (Wildman–Crippen LogP) is -0.744. The Bertz CT molecular complexity index is 571. The number of aryl methyl sites for hydroxylation is 1. The second-order valence-corrected chi connectivity index (χ2v) is 6.71. The average Bonchev–Trinajstić information content (AvgIpc) is 2.80. The van der Waals surface area contributed by atoms with Crippen LogP contribution >= 0.6 is 0 Å². The van der Waals surface area contributed by atoms with Crippen molar-refractivity contribution < 1.29 is 18.3 Å². The monoisotopic (exact) mass is 304 g/mol. The van der Waals surface area contributed by atoms with Gasteiger partial charge in [0.1, 0.15) is 4.90 Å². The zero-order valence-corrected chi connectivity index (χ0v) is 12.4. The molecule has 0 bridgehead atoms. The van der Waals surface area contributed by atoms with E-state index in [4.69, 9.17) is 10.5 Å². The van der Waals surface area contributed by atoms with E-state index in [0.29, 0.717) is 6.54 Å². The molecule has 2 heterocycles. The molecule has 8 nitrogen and oxygen atoms in total. The van der Waals surface area contributed by atoms with Crippen molar-refractivity contribution in [3.8, 4) is 0 Å². The van der Waals surface area contributed by atoms with Crippen molar-refractivity contribution in [2.24, 2.45) is 0 Å². The molecule has 1 aromatic rings. The molecule has 1 fully saturated rings. The fourth-order valence-electron chi connectivity index (χ4n) is 2.22. The van der Waals surface area contributed by atoms with Crippen molar-refractivity contribution in [1.82, 2.24) is 14.1 Å². The number of anilines is 1. The average molecular weight is 304 g/mol. The standard InChI is InChI=1S/C11H20N4O4S/c1-3-14-6-10(11(12)13-14)20(17,18)15-4-8(2)19-9(5-15)7-16/h6,8-9,16H,3-5,7H2,1-2H3,(H2,12,13). The molecule has 2 rings (SSSR count). The minimum absolute atomic E-state index is 0.00476. The number of hydrogen-bond donors (Lipinski definition) is 2. The molecule has 9 heteroatoms. The second-order valence-electron chi connectivity index (χ2n) is 4.81. The lowest BCUT2D eigenvalue weighted by atomic mass is 10.2. The summed E-state index contributed by atoms with van der Waals surface area (Å²) in [5.41, 5.74) is 5.69. The molecule has 1 aromatic heterocycles. The minimum atomic E-state index is -3.72. The van der Waals surface area contributed by atoms with Gasteiger partial charge in [0.15, 0.2) is 5.82 Å². The van der Waals surface area contributed by atoms with E-state index in [-0.39, 0.29) is 36.5 Å². The summed E-state index contributed by atoms with van der Waals surface area (Å²) in [4.78, 5) is 0.00476. The molecule has 0 radical (unpaired) electrons. The molecule has 1 saturated heterocycles. The first-order valence-electron chi connectivity index (χ1n) is 6.47. The number of ether oxygens (including phenoxy) is 1. The van der Waals surface area contributed by atoms with Crippen LogP contribution in [-0.2, 0) is 21.3 Å². The molecule has 20 heavy (non-hydrogen) atoms. The number of nitrogens with two attached hydrogens (primary N) is 1. The van der Waals surface area contributed by atoms with Gasteiger partial charge in [-0.1, -0.05) is 0 Å². The van der Waals surface area contributed by atoms with E-state index >= 15 is 0 Å². The first kappa shape index (κ1) is 15.2. The Morgan fingerprint density at radius 3 is 2.80 bits per heavy atom. The zero-order valence-electron chi connectivity index (χ0n) is 11.6. The van der Waals surface area contributed by atoms with E-state index < -0.39 is 16.1 Å². The number of nitrogens with zero attached hydrogens (tertiary/aromatic N) is 3. The second kappa shape index (κ2) is 5.68. The van der Waals surface area contributed by atoms with Gasteiger partial charge in [-0.25, -0.2) is 8.42 Å². The highest BCUT2D eigenvalue weighted by Crippen LogP contribution is 2.24. The summed E-state index contributed by atoms with van der Waals surface area (Å²) < 4.78 is 33.4. The summed E-state index contributed by atoms with van der Waals surface area (Å²) in [6.45, 7) is 4.28. The van der Waals surface area contributed by atoms with Gasteiger partial charge in [0.2, 0.25) is 10.0 Å². The van der Waals surface area contributed by atoms with Gasteiger partial charge in [0, 0.05) is 25.8 Å². The van der Waals surface area contributed by atoms with E-state index in [1.807, 2.05) is 6.92 Å². The molecule has 1 aliphatic rings. The van der Waals surface area contributed by atoms with Gasteiger partial charge in [0.05, 0.1) is 18.8 Å². The van der Waals surface area contributed by atoms with Crippen LogP contribution < -0.4 is 5.73 Å². The van der Waals surface area contributed by atoms with Gasteiger partial charge < -0.3 is 15.6 Å². The third-order valence-corrected chi connectivity index (χ3v) is 5.04. The summed E-state index contributed by atoms with van der Waals surface area (Å²) in [7, 11) is -3.72. The Kier molecular flexibility index (Phi) is 4.33. The smallest absolute Gasteiger partial charge is 0.248 e. The molecule has 3 N–H and O–H groups in total. The van der Waals surface area contributed by atoms with Crippen molar-refractivity contribution in [3.05, 3.63) is 6.20 Å². The Hall–Kier alpha value is -1.16. The van der Waals surface area contributed by atoms with Crippen molar-refractivity contribution in [2.45, 2.75) is 37.5 Å². The molecule has 1 aliphatic heterocycles. The van der Waals surface area contributed by atoms with Crippen LogP contribution in [0.4, 0.5) is 5.82 Å². The number of nitrogen functional groups attached to an aromatic ring is 1. The first-order valence-corrected chi connectivity index (χ1v) is 7.91. The molecule has 0 amide bonds. The fourth-order valence-corrected chi connectivity index (χ4v) is 3.82. The Morgan fingerprint density at radius 2 is 2.25 bits per heavy atom. The highest BCUT2D eigenvalue weighted by Gasteiger charge is 2.35. The molecule has 0 spiro atoms. The molecule has 0 aromatic carbocycles. The van der Waals surface area contributed by atoms with Crippen LogP contribution in [0.2, 0.25) is 0 Å². The summed E-state index contributed by atoms with van der Waals surface area (Å²) in [6.07, 6.45) is 0.632. The van der Waals surface area contributed by atoms with E-state index in [0.717, 1.165) is 0 Å². The lowest BCUT2D eigenvalue weighted by Crippen LogP contribution is -2.50. The van der Waals surface area contributed by atoms with Crippen LogP contribution in [0.25, 0.3) is 0 Å². The van der Waals surface area contributed by atoms with E-state index in [2.05, 4.69) is 5.10 Å². The van der Waals surface area contributed by atoms with Crippen molar-refractivity contribution in [1.29, 1.82) is 0 Å². The molecule has 114 valence electrons. The van der Waals surface area contributed by atoms with E-state index in [1.165, 1.54) is 15.2 Å². The van der Waals surface area contributed by atoms with Crippen LogP contribution in [0.1, 0.15) is 13.8 Å². The lowest BCUT2D eigenvalue weighted by molar-refractivity contribution is -0.0750. The van der Waals surface area contributed by atoms with Crippen molar-refractivity contribution in [2.75, 3.05) is 25.4 Å². The van der Waals surface area contributed by atoms with Gasteiger partial charge in [-0.15, -0.1) is 0 Å². The van der Waals surface area contributed by atoms with Crippen molar-refractivity contribution >= 4 is 15.8 Å². The SMILES string of the molecule is CCn1cc(S(=O)(=O)N2CC(C)OC(CO)C2)c(N)n1. The maximum atomic E-state index is 12.6. The van der Waals surface area contributed by atoms with Crippen LogP contribution in [0.3, 0.4) is 0 Å². The summed E-state index contributed by atoms with van der Waals surface area (Å²) in [5.74, 6) is -0.00783. The van der Waals surface area contributed by atoms with Crippen LogP contribution in [-0.4, -0.2) is 59.5 Å². The molecular formula is C11H20N4O4S. The summed E-state index contributed by atoms with van der Waals surface area (Å²) >= 11 is 0. The first-order chi connectivity index (χ1) is 9.38. The number of aromatic nitrogens is 2. The third-order valence-electron chi connectivity index (χ3n) is 3.19. The molecule has 0 saturated carbocycles. The molecule has 2 atom stereocenters. The van der Waals surface area contributed by atoms with E-state index in [1.54, 1.807) is 6.92 Å². The largest absolute Gasteiger partial charge is 0.394 e. The third kappa shape index (κ3) is 2.80. The fraction of sp³-hybridized carbons (Fsp3) is 0.727. The maximum Gasteiger partial charge on any atom is 0.248 e. The van der Waals surface area contributed by atoms with Crippen molar-refractivity contribution in [3.63, 3.8) is 0 Å². The number of hydrogen-bond acceptors (Lipinski definition) is 6. The van der Waals surface area contributed by atoms with Crippen LogP contribution in [0.15, 0.2) is 11.1 Å². The highest BCUT2D eigenvalue weighted by atomic mass is 32.2. The van der Waals surface area contributed by atoms with Crippen LogP contribution in [0, 0.1) is 0 Å². The number of sulfonamides is 1. The molecule has 0 aliphatic carbocycles. The number of rotatable bonds is 4. The Balaban J connectivity index is 2.31. The van der Waals surface area contributed by atoms with Gasteiger partial charge >= 0.3 is 0 Å². The van der Waals surface area contributed by atoms with E-state index in [9.17, 15) is 13.5 Å². The number of aliphatic hydroxyl groups excluding tert-OH is 1. The topological polar surface area (TPSA) is 111 Å². The predicted molar refractivity (Wildman–Crippen MR) is 72.5 cm³/mol. The normalized spacial score (nSPS) is 24.9. The maximum absolute atomic E-state index is 12.6. The lowest BCUT2D eigenvalue weighted by Gasteiger charge is -2.34. The Labute approximate surface area is 118 Å². The summed E-state index contributed by atoms with van der Waals surface area (Å²) in [5, 5.41) is 13.1. The Morgan fingerprint density at radius 1 is 1.55 bits per heavy atom. The summed E-state index contributed by atoms with van der Waals surface area (Å²) in [6, 6.07) is 0. The van der Waals surface area contributed by atoms with Crippen LogP contribution in [0.5, 0.6) is 0 Å². The molecular weight excluding hydrogens is 284 g/mol. The van der Waals surface area contributed by atoms with Gasteiger partial charge in [-0.2, -0.15) is 9.40 Å².